The summed E-state index contributed by atoms with van der Waals surface area (Å²) in [5, 5.41) is 10.4. The average molecular weight is 446 g/mol. The highest BCUT2D eigenvalue weighted by Crippen LogP contribution is 2.26. The lowest BCUT2D eigenvalue weighted by Gasteiger charge is -2.07. The molecule has 4 rings (SSSR count). The molecular formula is C20H14F4N6O2. The SMILES string of the molecule is O=C(CC(F)(F)F)Nc1ccnc(-c2cc(-c3ccon3)n(Cc3ccccc3F)n2)n1. The van der Waals surface area contributed by atoms with Crippen molar-refractivity contribution in [3.05, 3.63) is 66.3 Å². The molecule has 164 valence electrons. The van der Waals surface area contributed by atoms with E-state index in [1.54, 1.807) is 30.3 Å². The Morgan fingerprint density at radius 1 is 1.12 bits per heavy atom. The second-order valence-corrected chi connectivity index (χ2v) is 6.65. The second-order valence-electron chi connectivity index (χ2n) is 6.65. The van der Waals surface area contributed by atoms with Crippen molar-refractivity contribution in [3.63, 3.8) is 0 Å². The molecule has 8 nitrogen and oxygen atoms in total. The van der Waals surface area contributed by atoms with E-state index in [-0.39, 0.29) is 23.9 Å². The van der Waals surface area contributed by atoms with Gasteiger partial charge in [-0.15, -0.1) is 0 Å². The molecule has 4 aromatic rings. The third-order valence-electron chi connectivity index (χ3n) is 4.27. The van der Waals surface area contributed by atoms with Gasteiger partial charge < -0.3 is 9.84 Å². The summed E-state index contributed by atoms with van der Waals surface area (Å²) in [5.74, 6) is -1.74. The first kappa shape index (κ1) is 21.2. The lowest BCUT2D eigenvalue weighted by atomic mass is 10.2. The van der Waals surface area contributed by atoms with E-state index < -0.39 is 24.3 Å². The Balaban J connectivity index is 1.66. The Hall–Kier alpha value is -4.09. The fraction of sp³-hybridized carbons (Fsp3) is 0.150. The van der Waals surface area contributed by atoms with E-state index in [0.29, 0.717) is 17.0 Å². The normalized spacial score (nSPS) is 11.5. The number of nitrogens with one attached hydrogen (secondary N) is 1. The van der Waals surface area contributed by atoms with Crippen LogP contribution in [0.25, 0.3) is 22.9 Å². The Morgan fingerprint density at radius 3 is 2.66 bits per heavy atom. The van der Waals surface area contributed by atoms with E-state index in [1.807, 2.05) is 0 Å². The van der Waals surface area contributed by atoms with Crippen molar-refractivity contribution in [2.75, 3.05) is 5.32 Å². The maximum Gasteiger partial charge on any atom is 0.397 e. The first-order valence-electron chi connectivity index (χ1n) is 9.20. The first-order chi connectivity index (χ1) is 15.3. The molecular weight excluding hydrogens is 432 g/mol. The summed E-state index contributed by atoms with van der Waals surface area (Å²) in [6, 6.07) is 10.6. The molecule has 0 aliphatic carbocycles. The van der Waals surface area contributed by atoms with Gasteiger partial charge in [0.25, 0.3) is 0 Å². The molecule has 0 radical (unpaired) electrons. The van der Waals surface area contributed by atoms with Crippen LogP contribution in [0, 0.1) is 5.82 Å². The van der Waals surface area contributed by atoms with Gasteiger partial charge in [0, 0.05) is 17.8 Å². The van der Waals surface area contributed by atoms with E-state index in [2.05, 4.69) is 25.5 Å². The predicted octanol–water partition coefficient (Wildman–Crippen LogP) is 4.07. The van der Waals surface area contributed by atoms with Crippen LogP contribution >= 0.6 is 0 Å². The number of amides is 1. The molecule has 0 bridgehead atoms. The van der Waals surface area contributed by atoms with Crippen LogP contribution < -0.4 is 5.32 Å². The third-order valence-corrected chi connectivity index (χ3v) is 4.27. The number of rotatable bonds is 6. The van der Waals surface area contributed by atoms with Gasteiger partial charge in [0.2, 0.25) is 5.91 Å². The van der Waals surface area contributed by atoms with Crippen LogP contribution in [0.4, 0.5) is 23.4 Å². The maximum absolute atomic E-state index is 14.2. The first-order valence-corrected chi connectivity index (χ1v) is 9.20. The van der Waals surface area contributed by atoms with Gasteiger partial charge in [-0.2, -0.15) is 18.3 Å². The van der Waals surface area contributed by atoms with Gasteiger partial charge in [0.05, 0.1) is 12.2 Å². The number of aromatic nitrogens is 5. The van der Waals surface area contributed by atoms with Gasteiger partial charge in [-0.1, -0.05) is 23.4 Å². The van der Waals surface area contributed by atoms with Gasteiger partial charge in [0.1, 0.15) is 35.7 Å². The zero-order chi connectivity index (χ0) is 22.7. The minimum atomic E-state index is -4.64. The topological polar surface area (TPSA) is 98.7 Å². The minimum absolute atomic E-state index is 0.0480. The molecule has 3 heterocycles. The largest absolute Gasteiger partial charge is 0.397 e. The van der Waals surface area contributed by atoms with Crippen LogP contribution in [-0.2, 0) is 11.3 Å². The molecule has 32 heavy (non-hydrogen) atoms. The molecule has 1 N–H and O–H groups in total. The van der Waals surface area contributed by atoms with Gasteiger partial charge in [-0.05, 0) is 18.2 Å². The highest BCUT2D eigenvalue weighted by atomic mass is 19.4. The number of hydrogen-bond donors (Lipinski definition) is 1. The molecule has 0 spiro atoms. The lowest BCUT2D eigenvalue weighted by Crippen LogP contribution is -2.21. The second kappa shape index (κ2) is 8.57. The molecule has 1 aromatic carbocycles. The van der Waals surface area contributed by atoms with Crippen LogP contribution in [0.2, 0.25) is 0 Å². The van der Waals surface area contributed by atoms with E-state index in [0.717, 1.165) is 0 Å². The number of hydrogen-bond acceptors (Lipinski definition) is 6. The van der Waals surface area contributed by atoms with E-state index in [1.165, 1.54) is 29.3 Å². The van der Waals surface area contributed by atoms with Crippen LogP contribution in [0.5, 0.6) is 0 Å². The van der Waals surface area contributed by atoms with Crippen LogP contribution in [0.15, 0.2) is 59.4 Å². The minimum Gasteiger partial charge on any atom is -0.364 e. The van der Waals surface area contributed by atoms with E-state index in [4.69, 9.17) is 4.52 Å². The summed E-state index contributed by atoms with van der Waals surface area (Å²) in [6.45, 7) is 0.0663. The fourth-order valence-corrected chi connectivity index (χ4v) is 2.91. The Morgan fingerprint density at radius 2 is 1.94 bits per heavy atom. The summed E-state index contributed by atoms with van der Waals surface area (Å²) in [4.78, 5) is 19.7. The fourth-order valence-electron chi connectivity index (χ4n) is 2.91. The van der Waals surface area contributed by atoms with Gasteiger partial charge in [-0.3, -0.25) is 9.48 Å². The molecule has 0 atom stereocenters. The smallest absolute Gasteiger partial charge is 0.364 e. The molecule has 0 fully saturated rings. The van der Waals surface area contributed by atoms with Crippen molar-refractivity contribution in [1.29, 1.82) is 0 Å². The number of benzene rings is 1. The molecule has 0 aliphatic rings. The zero-order valence-electron chi connectivity index (χ0n) is 16.2. The molecule has 3 aromatic heterocycles. The Kier molecular flexibility index (Phi) is 5.67. The molecule has 0 saturated carbocycles. The van der Waals surface area contributed by atoms with Crippen molar-refractivity contribution in [2.45, 2.75) is 19.1 Å². The van der Waals surface area contributed by atoms with Gasteiger partial charge in [-0.25, -0.2) is 14.4 Å². The highest BCUT2D eigenvalue weighted by molar-refractivity contribution is 5.90. The third kappa shape index (κ3) is 4.96. The number of anilines is 1. The maximum atomic E-state index is 14.2. The van der Waals surface area contributed by atoms with Crippen molar-refractivity contribution in [1.82, 2.24) is 24.9 Å². The summed E-state index contributed by atoms with van der Waals surface area (Å²) < 4.78 is 57.7. The van der Waals surface area contributed by atoms with Crippen molar-refractivity contribution in [3.8, 4) is 22.9 Å². The molecule has 0 aliphatic heterocycles. The molecule has 0 saturated heterocycles. The monoisotopic (exact) mass is 446 g/mol. The van der Waals surface area contributed by atoms with Gasteiger partial charge in [0.15, 0.2) is 5.82 Å². The standard InChI is InChI=1S/C20H14F4N6O2/c21-13-4-2-1-3-12(13)11-30-16(14-6-8-32-29-14)9-15(28-30)19-25-7-5-17(27-19)26-18(31)10-20(22,23)24/h1-9H,10-11H2,(H,25,26,27,31). The van der Waals surface area contributed by atoms with Crippen LogP contribution in [-0.4, -0.2) is 37.0 Å². The zero-order valence-corrected chi connectivity index (χ0v) is 16.2. The Labute approximate surface area is 177 Å². The summed E-state index contributed by atoms with van der Waals surface area (Å²) in [5.41, 5.74) is 1.52. The van der Waals surface area contributed by atoms with E-state index >= 15 is 0 Å². The number of halogens is 4. The summed E-state index contributed by atoms with van der Waals surface area (Å²) >= 11 is 0. The Bertz CT molecular complexity index is 1240. The summed E-state index contributed by atoms with van der Waals surface area (Å²) in [6.07, 6.45) is -3.64. The number of nitrogens with zero attached hydrogens (tertiary/aromatic N) is 5. The van der Waals surface area contributed by atoms with Crippen molar-refractivity contribution in [2.24, 2.45) is 0 Å². The van der Waals surface area contributed by atoms with E-state index in [9.17, 15) is 22.4 Å². The highest BCUT2D eigenvalue weighted by Gasteiger charge is 2.31. The summed E-state index contributed by atoms with van der Waals surface area (Å²) in [7, 11) is 0. The van der Waals surface area contributed by atoms with Crippen LogP contribution in [0.3, 0.4) is 0 Å². The number of carbonyl (C=O) groups is 1. The predicted molar refractivity (Wildman–Crippen MR) is 104 cm³/mol. The molecule has 12 heteroatoms. The lowest BCUT2D eigenvalue weighted by molar-refractivity contribution is -0.150. The van der Waals surface area contributed by atoms with Gasteiger partial charge >= 0.3 is 6.18 Å². The number of alkyl halides is 3. The van der Waals surface area contributed by atoms with Crippen LogP contribution in [0.1, 0.15) is 12.0 Å². The quantitative estimate of drug-likeness (QED) is 0.449. The van der Waals surface area contributed by atoms with Crippen molar-refractivity contribution >= 4 is 11.7 Å². The molecule has 0 unspecified atom stereocenters. The van der Waals surface area contributed by atoms with Crippen molar-refractivity contribution < 1.29 is 26.9 Å². The average Bonchev–Trinajstić information content (AvgIpc) is 3.38. The number of carbonyl (C=O) groups excluding carboxylic acids is 1. The molecule has 1 amide bonds.